The summed E-state index contributed by atoms with van der Waals surface area (Å²) in [5.41, 5.74) is 1.22. The predicted molar refractivity (Wildman–Crippen MR) is 92.9 cm³/mol. The number of likely N-dealkylation sites (tertiary alicyclic amines) is 2. The highest BCUT2D eigenvalue weighted by atomic mass is 16.5. The molecular formula is C19H30N2O2. The number of benzene rings is 1. The Morgan fingerprint density at radius 1 is 1.13 bits per heavy atom. The largest absolute Gasteiger partial charge is 0.491 e. The van der Waals surface area contributed by atoms with E-state index in [1.807, 2.05) is 24.3 Å². The topological polar surface area (TPSA) is 35.9 Å². The van der Waals surface area contributed by atoms with E-state index in [4.69, 9.17) is 4.74 Å². The van der Waals surface area contributed by atoms with Gasteiger partial charge in [-0.1, -0.05) is 17.7 Å². The fourth-order valence-electron chi connectivity index (χ4n) is 3.78. The summed E-state index contributed by atoms with van der Waals surface area (Å²) in [5, 5.41) is 10.3. The van der Waals surface area contributed by atoms with Crippen molar-refractivity contribution in [2.75, 3.05) is 39.3 Å². The third kappa shape index (κ3) is 4.93. The average molecular weight is 318 g/mol. The van der Waals surface area contributed by atoms with Crippen molar-refractivity contribution in [3.63, 3.8) is 0 Å². The third-order valence-electron chi connectivity index (χ3n) is 5.07. The summed E-state index contributed by atoms with van der Waals surface area (Å²) < 4.78 is 5.70. The quantitative estimate of drug-likeness (QED) is 0.873. The average Bonchev–Trinajstić information content (AvgIpc) is 3.09. The van der Waals surface area contributed by atoms with Crippen molar-refractivity contribution in [2.45, 2.75) is 44.8 Å². The first-order chi connectivity index (χ1) is 11.2. The molecule has 2 aliphatic heterocycles. The van der Waals surface area contributed by atoms with Gasteiger partial charge in [0.15, 0.2) is 0 Å². The molecule has 0 unspecified atom stereocenters. The highest BCUT2D eigenvalue weighted by molar-refractivity contribution is 5.26. The second kappa shape index (κ2) is 8.13. The highest BCUT2D eigenvalue weighted by Gasteiger charge is 2.27. The number of aliphatic hydroxyl groups is 1. The SMILES string of the molecule is Cc1ccc(OC[C@H](O)CN2CCC[C@H](N3CCCC3)C2)cc1. The number of piperidine rings is 1. The minimum absolute atomic E-state index is 0.369. The van der Waals surface area contributed by atoms with Crippen molar-refractivity contribution in [3.05, 3.63) is 29.8 Å². The second-order valence-corrected chi connectivity index (χ2v) is 7.08. The van der Waals surface area contributed by atoms with Crippen LogP contribution in [0.15, 0.2) is 24.3 Å². The number of aliphatic hydroxyl groups excluding tert-OH is 1. The highest BCUT2D eigenvalue weighted by Crippen LogP contribution is 2.20. The summed E-state index contributed by atoms with van der Waals surface area (Å²) in [4.78, 5) is 5.05. The summed E-state index contributed by atoms with van der Waals surface area (Å²) in [6.45, 7) is 7.87. The first-order valence-corrected chi connectivity index (χ1v) is 9.04. The van der Waals surface area contributed by atoms with Gasteiger partial charge in [-0.3, -0.25) is 9.80 Å². The van der Waals surface area contributed by atoms with E-state index in [0.717, 1.165) is 25.4 Å². The van der Waals surface area contributed by atoms with Crippen LogP contribution in [0, 0.1) is 6.92 Å². The molecule has 0 bridgehead atoms. The molecule has 1 aromatic rings. The minimum atomic E-state index is -0.423. The van der Waals surface area contributed by atoms with Crippen LogP contribution in [0.5, 0.6) is 5.75 Å². The summed E-state index contributed by atoms with van der Waals surface area (Å²) in [6.07, 6.45) is 4.83. The number of β-amino-alcohol motifs (C(OH)–C–C–N with tert-alkyl or cyclic N) is 1. The van der Waals surface area contributed by atoms with Gasteiger partial charge in [-0.15, -0.1) is 0 Å². The number of aryl methyl sites for hydroxylation is 1. The van der Waals surface area contributed by atoms with Crippen LogP contribution in [-0.2, 0) is 0 Å². The monoisotopic (exact) mass is 318 g/mol. The third-order valence-corrected chi connectivity index (χ3v) is 5.07. The maximum Gasteiger partial charge on any atom is 0.119 e. The molecule has 23 heavy (non-hydrogen) atoms. The lowest BCUT2D eigenvalue weighted by atomic mass is 10.0. The smallest absolute Gasteiger partial charge is 0.119 e. The van der Waals surface area contributed by atoms with E-state index in [1.54, 1.807) is 0 Å². The van der Waals surface area contributed by atoms with Crippen molar-refractivity contribution in [3.8, 4) is 5.75 Å². The maximum absolute atomic E-state index is 10.3. The number of hydrogen-bond donors (Lipinski definition) is 1. The van der Waals surface area contributed by atoms with Gasteiger partial charge in [-0.2, -0.15) is 0 Å². The molecule has 1 aromatic carbocycles. The first-order valence-electron chi connectivity index (χ1n) is 9.04. The van der Waals surface area contributed by atoms with E-state index < -0.39 is 6.10 Å². The van der Waals surface area contributed by atoms with Crippen LogP contribution in [0.3, 0.4) is 0 Å². The van der Waals surface area contributed by atoms with Gasteiger partial charge >= 0.3 is 0 Å². The molecule has 3 rings (SSSR count). The van der Waals surface area contributed by atoms with Crippen LogP contribution in [0.25, 0.3) is 0 Å². The second-order valence-electron chi connectivity index (χ2n) is 7.08. The Hall–Kier alpha value is -1.10. The normalized spacial score (nSPS) is 24.7. The molecular weight excluding hydrogens is 288 g/mol. The van der Waals surface area contributed by atoms with E-state index in [2.05, 4.69) is 16.7 Å². The van der Waals surface area contributed by atoms with E-state index in [-0.39, 0.29) is 0 Å². The van der Waals surface area contributed by atoms with Crippen molar-refractivity contribution < 1.29 is 9.84 Å². The molecule has 128 valence electrons. The van der Waals surface area contributed by atoms with Gasteiger partial charge in [0.05, 0.1) is 0 Å². The Kier molecular flexibility index (Phi) is 5.92. The molecule has 2 heterocycles. The Bertz CT molecular complexity index is 471. The zero-order valence-electron chi connectivity index (χ0n) is 14.3. The van der Waals surface area contributed by atoms with Gasteiger partial charge in [-0.05, 0) is 64.4 Å². The molecule has 0 aromatic heterocycles. The zero-order chi connectivity index (χ0) is 16.1. The molecule has 0 aliphatic carbocycles. The molecule has 2 aliphatic rings. The molecule has 4 heteroatoms. The molecule has 0 spiro atoms. The molecule has 2 atom stereocenters. The first kappa shape index (κ1) is 16.7. The molecule has 0 radical (unpaired) electrons. The summed E-state index contributed by atoms with van der Waals surface area (Å²) in [6, 6.07) is 8.69. The number of ether oxygens (including phenoxy) is 1. The molecule has 1 N–H and O–H groups in total. The van der Waals surface area contributed by atoms with Crippen LogP contribution in [0.4, 0.5) is 0 Å². The summed E-state index contributed by atoms with van der Waals surface area (Å²) >= 11 is 0. The van der Waals surface area contributed by atoms with Crippen molar-refractivity contribution in [2.24, 2.45) is 0 Å². The van der Waals surface area contributed by atoms with E-state index >= 15 is 0 Å². The molecule has 2 fully saturated rings. The van der Waals surface area contributed by atoms with Gasteiger partial charge in [0.1, 0.15) is 18.5 Å². The molecule has 4 nitrogen and oxygen atoms in total. The molecule has 0 saturated carbocycles. The van der Waals surface area contributed by atoms with Crippen LogP contribution < -0.4 is 4.74 Å². The van der Waals surface area contributed by atoms with Crippen LogP contribution in [0.2, 0.25) is 0 Å². The molecule has 2 saturated heterocycles. The number of rotatable bonds is 6. The Labute approximate surface area is 140 Å². The fraction of sp³-hybridized carbons (Fsp3) is 0.684. The maximum atomic E-state index is 10.3. The van der Waals surface area contributed by atoms with E-state index in [1.165, 1.54) is 44.3 Å². The Morgan fingerprint density at radius 3 is 2.61 bits per heavy atom. The number of nitrogens with zero attached hydrogens (tertiary/aromatic N) is 2. The van der Waals surface area contributed by atoms with Crippen molar-refractivity contribution in [1.82, 2.24) is 9.80 Å². The lowest BCUT2D eigenvalue weighted by Gasteiger charge is -2.38. The van der Waals surface area contributed by atoms with Gasteiger partial charge in [0.25, 0.3) is 0 Å². The molecule has 0 amide bonds. The van der Waals surface area contributed by atoms with Crippen LogP contribution in [0.1, 0.15) is 31.2 Å². The fourth-order valence-corrected chi connectivity index (χ4v) is 3.78. The van der Waals surface area contributed by atoms with Crippen LogP contribution >= 0.6 is 0 Å². The van der Waals surface area contributed by atoms with E-state index in [0.29, 0.717) is 12.6 Å². The minimum Gasteiger partial charge on any atom is -0.491 e. The zero-order valence-corrected chi connectivity index (χ0v) is 14.3. The summed E-state index contributed by atoms with van der Waals surface area (Å²) in [5.74, 6) is 0.836. The van der Waals surface area contributed by atoms with Crippen molar-refractivity contribution >= 4 is 0 Å². The lowest BCUT2D eigenvalue weighted by Crippen LogP contribution is -2.49. The standard InChI is InChI=1S/C19H30N2O2/c1-16-6-8-19(9-7-16)23-15-18(22)14-20-10-4-5-17(13-20)21-11-2-3-12-21/h6-9,17-18,22H,2-5,10-15H2,1H3/t17-,18+/m0/s1. The lowest BCUT2D eigenvalue weighted by molar-refractivity contribution is 0.0416. The Balaban J connectivity index is 1.41. The predicted octanol–water partition coefficient (Wildman–Crippen LogP) is 2.29. The Morgan fingerprint density at radius 2 is 1.87 bits per heavy atom. The van der Waals surface area contributed by atoms with Gasteiger partial charge in [0, 0.05) is 19.1 Å². The van der Waals surface area contributed by atoms with Gasteiger partial charge in [-0.25, -0.2) is 0 Å². The van der Waals surface area contributed by atoms with Gasteiger partial charge in [0.2, 0.25) is 0 Å². The number of hydrogen-bond acceptors (Lipinski definition) is 4. The van der Waals surface area contributed by atoms with E-state index in [9.17, 15) is 5.11 Å². The van der Waals surface area contributed by atoms with Crippen molar-refractivity contribution in [1.29, 1.82) is 0 Å². The van der Waals surface area contributed by atoms with Crippen LogP contribution in [-0.4, -0.2) is 66.4 Å². The summed E-state index contributed by atoms with van der Waals surface area (Å²) in [7, 11) is 0. The van der Waals surface area contributed by atoms with Gasteiger partial charge < -0.3 is 9.84 Å².